The fourth-order valence-corrected chi connectivity index (χ4v) is 4.41. The van der Waals surface area contributed by atoms with E-state index in [0.29, 0.717) is 30.0 Å². The van der Waals surface area contributed by atoms with Crippen LogP contribution in [0.15, 0.2) is 73.3 Å². The molecular formula is C30H30F2N8O4. The molecule has 0 saturated carbocycles. The zero-order valence-electron chi connectivity index (χ0n) is 24.4. The van der Waals surface area contributed by atoms with E-state index in [9.17, 15) is 18.4 Å². The smallest absolute Gasteiger partial charge is 0.387 e. The number of aryl methyl sites for hydroxylation is 1. The molecule has 0 unspecified atom stereocenters. The number of anilines is 1. The number of aromatic nitrogens is 5. The average molecular weight is 605 g/mol. The van der Waals surface area contributed by atoms with E-state index in [2.05, 4.69) is 20.5 Å². The van der Waals surface area contributed by atoms with E-state index < -0.39 is 12.5 Å². The van der Waals surface area contributed by atoms with Crippen LogP contribution in [-0.2, 0) is 7.05 Å². The average Bonchev–Trinajstić information content (AvgIpc) is 3.59. The third-order valence-electron chi connectivity index (χ3n) is 6.57. The third kappa shape index (κ3) is 6.81. The van der Waals surface area contributed by atoms with Gasteiger partial charge in [-0.05, 0) is 56.6 Å². The number of nitrogens with one attached hydrogen (secondary N) is 1. The minimum Gasteiger partial charge on any atom is -0.457 e. The Hall–Kier alpha value is -5.37. The molecule has 0 radical (unpaired) electrons. The van der Waals surface area contributed by atoms with Crippen LogP contribution < -0.4 is 14.8 Å². The largest absolute Gasteiger partial charge is 0.457 e. The molecule has 2 aromatic carbocycles. The number of alkyl halides is 2. The topological polar surface area (TPSA) is 119 Å². The highest BCUT2D eigenvalue weighted by atomic mass is 19.3. The molecule has 228 valence electrons. The molecule has 3 heterocycles. The highest BCUT2D eigenvalue weighted by Crippen LogP contribution is 2.39. The van der Waals surface area contributed by atoms with Gasteiger partial charge in [0.1, 0.15) is 28.5 Å². The van der Waals surface area contributed by atoms with Crippen LogP contribution in [0.25, 0.3) is 16.9 Å². The number of likely N-dealkylation sites (N-methyl/N-ethyl adjacent to an activating group) is 2. The van der Waals surface area contributed by atoms with Crippen molar-refractivity contribution in [3.05, 3.63) is 84.4 Å². The Labute approximate surface area is 251 Å². The van der Waals surface area contributed by atoms with Crippen LogP contribution in [0.4, 0.5) is 14.5 Å². The summed E-state index contributed by atoms with van der Waals surface area (Å²) in [5, 5.41) is 11.3. The number of rotatable bonds is 11. The molecule has 0 atom stereocenters. The van der Waals surface area contributed by atoms with Crippen molar-refractivity contribution in [3.8, 4) is 28.5 Å². The van der Waals surface area contributed by atoms with Gasteiger partial charge in [-0.2, -0.15) is 19.0 Å². The first-order valence-electron chi connectivity index (χ1n) is 13.5. The molecule has 0 spiro atoms. The second-order valence-corrected chi connectivity index (χ2v) is 10.2. The first kappa shape index (κ1) is 30.1. The summed E-state index contributed by atoms with van der Waals surface area (Å²) >= 11 is 0. The first-order valence-corrected chi connectivity index (χ1v) is 13.5. The van der Waals surface area contributed by atoms with Gasteiger partial charge >= 0.3 is 6.61 Å². The molecular weight excluding hydrogens is 574 g/mol. The molecule has 0 saturated heterocycles. The first-order chi connectivity index (χ1) is 21.1. The van der Waals surface area contributed by atoms with Gasteiger partial charge in [0, 0.05) is 51.3 Å². The molecule has 5 aromatic rings. The van der Waals surface area contributed by atoms with E-state index in [-0.39, 0.29) is 39.9 Å². The number of benzene rings is 2. The minimum absolute atomic E-state index is 0.146. The van der Waals surface area contributed by atoms with Crippen LogP contribution in [0.2, 0.25) is 0 Å². The maximum atomic E-state index is 13.4. The number of carbonyl (C=O) groups excluding carboxylic acids is 2. The highest BCUT2D eigenvalue weighted by molar-refractivity contribution is 6.09. The molecule has 1 N–H and O–H groups in total. The summed E-state index contributed by atoms with van der Waals surface area (Å²) in [5.74, 6) is -0.240. The van der Waals surface area contributed by atoms with E-state index in [1.165, 1.54) is 46.0 Å². The number of fused-ring (bicyclic) bond motifs is 1. The summed E-state index contributed by atoms with van der Waals surface area (Å²) in [4.78, 5) is 34.0. The van der Waals surface area contributed by atoms with Gasteiger partial charge in [0.25, 0.3) is 11.8 Å². The fraction of sp³-hybridized carbons (Fsp3) is 0.233. The lowest BCUT2D eigenvalue weighted by atomic mass is 10.1. The Bertz CT molecular complexity index is 1800. The second-order valence-electron chi connectivity index (χ2n) is 10.2. The molecule has 5 rings (SSSR count). The van der Waals surface area contributed by atoms with Crippen LogP contribution in [0, 0.1) is 0 Å². The Morgan fingerprint density at radius 2 is 1.84 bits per heavy atom. The summed E-state index contributed by atoms with van der Waals surface area (Å²) in [6, 6.07) is 12.6. The van der Waals surface area contributed by atoms with E-state index in [1.807, 2.05) is 19.0 Å². The Balaban J connectivity index is 1.44. The number of halogens is 2. The molecule has 0 aliphatic heterocycles. The SMILES string of the molecule is CN(C)CCN(C)C(=O)c1cccc(Oc2ccc(OC(F)F)c(-c3nn(C)cc3NC(=O)c3cnn4cccnc34)c2)c1. The second kappa shape index (κ2) is 12.9. The van der Waals surface area contributed by atoms with Gasteiger partial charge in [-0.1, -0.05) is 6.07 Å². The van der Waals surface area contributed by atoms with Gasteiger partial charge in [-0.3, -0.25) is 14.3 Å². The van der Waals surface area contributed by atoms with Crippen molar-refractivity contribution in [1.29, 1.82) is 0 Å². The molecule has 2 amide bonds. The number of hydrogen-bond donors (Lipinski definition) is 1. The Morgan fingerprint density at radius 1 is 1.05 bits per heavy atom. The zero-order chi connectivity index (χ0) is 31.4. The summed E-state index contributed by atoms with van der Waals surface area (Å²) in [6.45, 7) is -1.86. The highest BCUT2D eigenvalue weighted by Gasteiger charge is 2.22. The molecule has 3 aromatic heterocycles. The van der Waals surface area contributed by atoms with Crippen LogP contribution in [-0.4, -0.2) is 86.8 Å². The predicted octanol–water partition coefficient (Wildman–Crippen LogP) is 4.41. The van der Waals surface area contributed by atoms with Crippen molar-refractivity contribution < 1.29 is 27.8 Å². The molecule has 44 heavy (non-hydrogen) atoms. The number of carbonyl (C=O) groups is 2. The Kier molecular flexibility index (Phi) is 8.81. The van der Waals surface area contributed by atoms with E-state index in [4.69, 9.17) is 9.47 Å². The van der Waals surface area contributed by atoms with Crippen molar-refractivity contribution in [3.63, 3.8) is 0 Å². The van der Waals surface area contributed by atoms with Crippen molar-refractivity contribution >= 4 is 23.1 Å². The number of ether oxygens (including phenoxy) is 2. The third-order valence-corrected chi connectivity index (χ3v) is 6.57. The summed E-state index contributed by atoms with van der Waals surface area (Å²) < 4.78 is 40.5. The van der Waals surface area contributed by atoms with Gasteiger partial charge < -0.3 is 24.6 Å². The number of nitrogens with zero attached hydrogens (tertiary/aromatic N) is 7. The van der Waals surface area contributed by atoms with Gasteiger partial charge in [-0.15, -0.1) is 0 Å². The van der Waals surface area contributed by atoms with Gasteiger partial charge in [0.15, 0.2) is 5.65 Å². The zero-order valence-corrected chi connectivity index (χ0v) is 24.4. The van der Waals surface area contributed by atoms with Crippen molar-refractivity contribution in [1.82, 2.24) is 34.2 Å². The van der Waals surface area contributed by atoms with Gasteiger partial charge in [0.05, 0.1) is 17.4 Å². The molecule has 0 bridgehead atoms. The number of hydrogen-bond acceptors (Lipinski definition) is 8. The molecule has 12 nitrogen and oxygen atoms in total. The van der Waals surface area contributed by atoms with Crippen LogP contribution in [0.3, 0.4) is 0 Å². The minimum atomic E-state index is -3.11. The van der Waals surface area contributed by atoms with E-state index >= 15 is 0 Å². The maximum absolute atomic E-state index is 13.4. The molecule has 0 aliphatic rings. The van der Waals surface area contributed by atoms with Crippen LogP contribution >= 0.6 is 0 Å². The predicted molar refractivity (Wildman–Crippen MR) is 158 cm³/mol. The van der Waals surface area contributed by atoms with E-state index in [1.54, 1.807) is 55.5 Å². The van der Waals surface area contributed by atoms with Crippen molar-refractivity contribution in [2.75, 3.05) is 39.5 Å². The fourth-order valence-electron chi connectivity index (χ4n) is 4.41. The maximum Gasteiger partial charge on any atom is 0.387 e. The lowest BCUT2D eigenvalue weighted by molar-refractivity contribution is -0.0494. The van der Waals surface area contributed by atoms with Gasteiger partial charge in [0.2, 0.25) is 0 Å². The number of amides is 2. The molecule has 0 fully saturated rings. The normalized spacial score (nSPS) is 11.3. The molecule has 0 aliphatic carbocycles. The summed E-state index contributed by atoms with van der Waals surface area (Å²) in [7, 11) is 7.21. The standard InChI is InChI=1S/C30H30F2N8O4/c1-37(2)13-14-38(3)29(42)19-7-5-8-20(15-19)43-21-9-10-25(44-30(31)32)22(16-21)26-24(18-39(4)36-26)35-28(41)23-17-34-40-12-6-11-33-27(23)40/h5-12,15-18,30H,13-14H2,1-4H3,(H,35,41). The monoisotopic (exact) mass is 604 g/mol. The van der Waals surface area contributed by atoms with Crippen molar-refractivity contribution in [2.45, 2.75) is 6.61 Å². The lowest BCUT2D eigenvalue weighted by Gasteiger charge is -2.20. The lowest BCUT2D eigenvalue weighted by Crippen LogP contribution is -2.33. The van der Waals surface area contributed by atoms with Crippen molar-refractivity contribution in [2.24, 2.45) is 7.05 Å². The van der Waals surface area contributed by atoms with Crippen LogP contribution in [0.5, 0.6) is 17.2 Å². The van der Waals surface area contributed by atoms with Crippen LogP contribution in [0.1, 0.15) is 20.7 Å². The van der Waals surface area contributed by atoms with Gasteiger partial charge in [-0.25, -0.2) is 9.50 Å². The Morgan fingerprint density at radius 3 is 2.61 bits per heavy atom. The molecule has 14 heteroatoms. The summed E-state index contributed by atoms with van der Waals surface area (Å²) in [5.41, 5.74) is 1.53. The van der Waals surface area contributed by atoms with E-state index in [0.717, 1.165) is 0 Å². The summed E-state index contributed by atoms with van der Waals surface area (Å²) in [6.07, 6.45) is 6.11. The quantitative estimate of drug-likeness (QED) is 0.236.